The molecule has 2 aromatic rings. The van der Waals surface area contributed by atoms with Gasteiger partial charge in [-0.25, -0.2) is 0 Å². The Morgan fingerprint density at radius 3 is 2.57 bits per heavy atom. The summed E-state index contributed by atoms with van der Waals surface area (Å²) in [7, 11) is 0. The Bertz CT molecular complexity index is 614. The van der Waals surface area contributed by atoms with E-state index in [4.69, 9.17) is 4.98 Å². The Hall–Kier alpha value is -1.57. The topological polar surface area (TPSA) is 24.9 Å². The summed E-state index contributed by atoms with van der Waals surface area (Å²) in [6.07, 6.45) is 3.64. The van der Waals surface area contributed by atoms with Crippen LogP contribution in [0.3, 0.4) is 0 Å². The number of hydrogen-bond donors (Lipinski definition) is 1. The van der Waals surface area contributed by atoms with Crippen LogP contribution in [0, 0.1) is 6.92 Å². The molecule has 1 N–H and O–H groups in total. The number of benzene rings is 1. The lowest BCUT2D eigenvalue weighted by molar-refractivity contribution is 0.795. The average molecular weight is 284 g/mol. The molecule has 21 heavy (non-hydrogen) atoms. The predicted octanol–water partition coefficient (Wildman–Crippen LogP) is 5.44. The molecule has 114 valence electrons. The first-order valence-electron chi connectivity index (χ1n) is 8.25. The van der Waals surface area contributed by atoms with Crippen LogP contribution in [-0.4, -0.2) is 11.5 Å². The molecule has 0 atom stereocenters. The summed E-state index contributed by atoms with van der Waals surface area (Å²) in [6.45, 7) is 12.0. The van der Waals surface area contributed by atoms with Gasteiger partial charge < -0.3 is 5.32 Å². The summed E-state index contributed by atoms with van der Waals surface area (Å²) in [6, 6.07) is 6.74. The van der Waals surface area contributed by atoms with Gasteiger partial charge in [-0.1, -0.05) is 33.3 Å². The molecule has 0 aliphatic rings. The van der Waals surface area contributed by atoms with Crippen molar-refractivity contribution in [1.29, 1.82) is 0 Å². The third kappa shape index (κ3) is 3.37. The van der Waals surface area contributed by atoms with Gasteiger partial charge in [0.1, 0.15) is 0 Å². The van der Waals surface area contributed by atoms with Gasteiger partial charge in [-0.2, -0.15) is 0 Å². The van der Waals surface area contributed by atoms with E-state index in [1.165, 1.54) is 35.0 Å². The number of pyridine rings is 1. The maximum atomic E-state index is 4.82. The fourth-order valence-electron chi connectivity index (χ4n) is 3.06. The molecule has 1 aromatic carbocycles. The minimum absolute atomic E-state index is 0.482. The minimum atomic E-state index is 0.482. The third-order valence-electron chi connectivity index (χ3n) is 4.03. The molecule has 0 radical (unpaired) electrons. The van der Waals surface area contributed by atoms with Gasteiger partial charge in [0.05, 0.1) is 5.52 Å². The van der Waals surface area contributed by atoms with E-state index in [0.717, 1.165) is 24.2 Å². The van der Waals surface area contributed by atoms with Crippen LogP contribution >= 0.6 is 0 Å². The fourth-order valence-corrected chi connectivity index (χ4v) is 3.06. The summed E-state index contributed by atoms with van der Waals surface area (Å²) in [4.78, 5) is 4.82. The van der Waals surface area contributed by atoms with Crippen LogP contribution in [-0.2, 0) is 6.42 Å². The monoisotopic (exact) mass is 284 g/mol. The molecule has 2 nitrogen and oxygen atoms in total. The van der Waals surface area contributed by atoms with E-state index in [-0.39, 0.29) is 0 Å². The van der Waals surface area contributed by atoms with Crippen molar-refractivity contribution >= 4 is 16.6 Å². The SMILES string of the molecule is CCCCc1ccc2nc(C)c(C(C)C)c(NCC)c2c1. The molecule has 0 unspecified atom stereocenters. The number of nitrogens with zero attached hydrogens (tertiary/aromatic N) is 1. The normalized spacial score (nSPS) is 11.3. The molecule has 0 saturated carbocycles. The number of fused-ring (bicyclic) bond motifs is 1. The third-order valence-corrected chi connectivity index (χ3v) is 4.03. The van der Waals surface area contributed by atoms with Crippen LogP contribution in [0.5, 0.6) is 0 Å². The van der Waals surface area contributed by atoms with E-state index in [0.29, 0.717) is 5.92 Å². The molecule has 1 heterocycles. The highest BCUT2D eigenvalue weighted by Crippen LogP contribution is 2.34. The fraction of sp³-hybridized carbons (Fsp3) is 0.526. The van der Waals surface area contributed by atoms with Gasteiger partial charge >= 0.3 is 0 Å². The van der Waals surface area contributed by atoms with Crippen molar-refractivity contribution in [2.45, 2.75) is 59.8 Å². The maximum Gasteiger partial charge on any atom is 0.0726 e. The van der Waals surface area contributed by atoms with Gasteiger partial charge in [-0.3, -0.25) is 4.98 Å². The highest BCUT2D eigenvalue weighted by atomic mass is 14.9. The molecular weight excluding hydrogens is 256 g/mol. The Morgan fingerprint density at radius 1 is 1.19 bits per heavy atom. The smallest absolute Gasteiger partial charge is 0.0726 e. The zero-order valence-electron chi connectivity index (χ0n) is 14.1. The van der Waals surface area contributed by atoms with Gasteiger partial charge in [0, 0.05) is 23.3 Å². The molecule has 2 rings (SSSR count). The van der Waals surface area contributed by atoms with Crippen molar-refractivity contribution in [2.75, 3.05) is 11.9 Å². The van der Waals surface area contributed by atoms with Crippen LogP contribution in [0.15, 0.2) is 18.2 Å². The van der Waals surface area contributed by atoms with Crippen LogP contribution in [0.25, 0.3) is 10.9 Å². The number of nitrogens with one attached hydrogen (secondary N) is 1. The van der Waals surface area contributed by atoms with Crippen molar-refractivity contribution in [3.63, 3.8) is 0 Å². The number of aryl methyl sites for hydroxylation is 2. The van der Waals surface area contributed by atoms with Gasteiger partial charge in [0.2, 0.25) is 0 Å². The summed E-state index contributed by atoms with van der Waals surface area (Å²) >= 11 is 0. The predicted molar refractivity (Wildman–Crippen MR) is 93.3 cm³/mol. The average Bonchev–Trinajstić information content (AvgIpc) is 2.45. The maximum absolute atomic E-state index is 4.82. The second kappa shape index (κ2) is 6.93. The zero-order valence-corrected chi connectivity index (χ0v) is 14.1. The van der Waals surface area contributed by atoms with Crippen molar-refractivity contribution in [1.82, 2.24) is 4.98 Å². The molecule has 0 spiro atoms. The summed E-state index contributed by atoms with van der Waals surface area (Å²) in [5, 5.41) is 4.86. The summed E-state index contributed by atoms with van der Waals surface area (Å²) in [5.41, 5.74) is 6.32. The van der Waals surface area contributed by atoms with Crippen molar-refractivity contribution < 1.29 is 0 Å². The van der Waals surface area contributed by atoms with Gasteiger partial charge in [0.15, 0.2) is 0 Å². The van der Waals surface area contributed by atoms with Gasteiger partial charge in [-0.05, 0) is 55.9 Å². The van der Waals surface area contributed by atoms with Crippen LogP contribution in [0.2, 0.25) is 0 Å². The van der Waals surface area contributed by atoms with Crippen LogP contribution < -0.4 is 5.32 Å². The molecule has 0 amide bonds. The van der Waals surface area contributed by atoms with E-state index in [2.05, 4.69) is 58.1 Å². The summed E-state index contributed by atoms with van der Waals surface area (Å²) < 4.78 is 0. The molecule has 0 aliphatic heterocycles. The zero-order chi connectivity index (χ0) is 15.4. The number of rotatable bonds is 6. The minimum Gasteiger partial charge on any atom is -0.384 e. The Kier molecular flexibility index (Phi) is 5.22. The van der Waals surface area contributed by atoms with E-state index < -0.39 is 0 Å². The van der Waals surface area contributed by atoms with Crippen LogP contribution in [0.4, 0.5) is 5.69 Å². The summed E-state index contributed by atoms with van der Waals surface area (Å²) in [5.74, 6) is 0.482. The van der Waals surface area contributed by atoms with E-state index >= 15 is 0 Å². The lowest BCUT2D eigenvalue weighted by Crippen LogP contribution is -2.07. The van der Waals surface area contributed by atoms with Gasteiger partial charge in [-0.15, -0.1) is 0 Å². The number of hydrogen-bond acceptors (Lipinski definition) is 2. The molecule has 2 heteroatoms. The number of aromatic nitrogens is 1. The largest absolute Gasteiger partial charge is 0.384 e. The molecule has 1 aromatic heterocycles. The first kappa shape index (κ1) is 15.8. The quantitative estimate of drug-likeness (QED) is 0.764. The first-order chi connectivity index (χ1) is 10.1. The molecular formula is C19H28N2. The number of unbranched alkanes of at least 4 members (excludes halogenated alkanes) is 1. The van der Waals surface area contributed by atoms with Crippen molar-refractivity contribution in [3.05, 3.63) is 35.0 Å². The Labute approximate surface area is 129 Å². The molecule has 0 aliphatic carbocycles. The van der Waals surface area contributed by atoms with Gasteiger partial charge in [0.25, 0.3) is 0 Å². The lowest BCUT2D eigenvalue weighted by Gasteiger charge is -2.19. The molecule has 0 fully saturated rings. The number of anilines is 1. The molecule has 0 bridgehead atoms. The second-order valence-corrected chi connectivity index (χ2v) is 6.13. The Balaban J connectivity index is 2.62. The lowest BCUT2D eigenvalue weighted by atomic mass is 9.95. The highest BCUT2D eigenvalue weighted by Gasteiger charge is 2.15. The van der Waals surface area contributed by atoms with E-state index in [1.807, 2.05) is 0 Å². The van der Waals surface area contributed by atoms with E-state index in [1.54, 1.807) is 0 Å². The second-order valence-electron chi connectivity index (χ2n) is 6.13. The first-order valence-corrected chi connectivity index (χ1v) is 8.25. The highest BCUT2D eigenvalue weighted by molar-refractivity contribution is 5.94. The van der Waals surface area contributed by atoms with Crippen molar-refractivity contribution in [3.8, 4) is 0 Å². The molecule has 0 saturated heterocycles. The van der Waals surface area contributed by atoms with E-state index in [9.17, 15) is 0 Å². The van der Waals surface area contributed by atoms with Crippen molar-refractivity contribution in [2.24, 2.45) is 0 Å². The standard InChI is InChI=1S/C19H28N2/c1-6-8-9-15-10-11-17-16(12-15)19(20-7-2)18(13(3)4)14(5)21-17/h10-13H,6-9H2,1-5H3,(H,20,21). The Morgan fingerprint density at radius 2 is 1.95 bits per heavy atom. The van der Waals surface area contributed by atoms with Crippen LogP contribution in [0.1, 0.15) is 63.3 Å².